The average Bonchev–Trinajstić information content (AvgIpc) is 2.54. The number of carboxylic acid groups (broad SMARTS) is 1. The second kappa shape index (κ2) is 6.25. The molecule has 134 valence electrons. The number of ether oxygens (including phenoxy) is 1. The third-order valence-corrected chi connectivity index (χ3v) is 3.45. The third-order valence-electron chi connectivity index (χ3n) is 3.45. The largest absolute Gasteiger partial charge is 0.573 e. The van der Waals surface area contributed by atoms with Crippen molar-refractivity contribution in [3.63, 3.8) is 0 Å². The van der Waals surface area contributed by atoms with Gasteiger partial charge in [-0.3, -0.25) is 0 Å². The Labute approximate surface area is 142 Å². The molecule has 0 radical (unpaired) electrons. The van der Waals surface area contributed by atoms with Crippen molar-refractivity contribution in [3.8, 4) is 17.0 Å². The van der Waals surface area contributed by atoms with Crippen LogP contribution in [0.2, 0.25) is 0 Å². The first kappa shape index (κ1) is 17.6. The van der Waals surface area contributed by atoms with Crippen molar-refractivity contribution in [2.45, 2.75) is 6.36 Å². The first-order chi connectivity index (χ1) is 12.1. The summed E-state index contributed by atoms with van der Waals surface area (Å²) in [6, 6.07) is 6.46. The Morgan fingerprint density at radius 3 is 2.42 bits per heavy atom. The molecule has 0 saturated carbocycles. The molecule has 9 heteroatoms. The summed E-state index contributed by atoms with van der Waals surface area (Å²) in [7, 11) is 0. The van der Waals surface area contributed by atoms with Gasteiger partial charge in [0.2, 0.25) is 0 Å². The van der Waals surface area contributed by atoms with Gasteiger partial charge in [-0.2, -0.15) is 0 Å². The van der Waals surface area contributed by atoms with Crippen LogP contribution in [0, 0.1) is 11.6 Å². The normalized spacial score (nSPS) is 11.6. The van der Waals surface area contributed by atoms with E-state index in [-0.39, 0.29) is 22.2 Å². The van der Waals surface area contributed by atoms with Crippen molar-refractivity contribution >= 4 is 16.9 Å². The summed E-state index contributed by atoms with van der Waals surface area (Å²) in [4.78, 5) is 15.5. The number of carbonyl (C=O) groups is 1. The average molecular weight is 369 g/mol. The van der Waals surface area contributed by atoms with E-state index in [1.54, 1.807) is 0 Å². The molecule has 0 saturated heterocycles. The molecule has 1 aromatic heterocycles. The predicted molar refractivity (Wildman–Crippen MR) is 80.7 cm³/mol. The van der Waals surface area contributed by atoms with E-state index in [1.807, 2.05) is 0 Å². The van der Waals surface area contributed by atoms with E-state index in [0.29, 0.717) is 0 Å². The third kappa shape index (κ3) is 3.56. The molecule has 2 aromatic carbocycles. The van der Waals surface area contributed by atoms with Gasteiger partial charge in [-0.15, -0.1) is 13.2 Å². The predicted octanol–water partition coefficient (Wildman–Crippen LogP) is 4.78. The van der Waals surface area contributed by atoms with Crippen molar-refractivity contribution in [1.82, 2.24) is 4.98 Å². The Bertz CT molecular complexity index is 1020. The zero-order chi connectivity index (χ0) is 19.1. The highest BCUT2D eigenvalue weighted by atomic mass is 19.4. The zero-order valence-electron chi connectivity index (χ0n) is 12.6. The quantitative estimate of drug-likeness (QED) is 0.676. The lowest BCUT2D eigenvalue weighted by Gasteiger charge is -2.12. The van der Waals surface area contributed by atoms with Gasteiger partial charge in [0.15, 0.2) is 0 Å². The number of carboxylic acids is 1. The SMILES string of the molecule is O=C(O)c1cc(-c2cc(F)ccc2F)nc2ccc(OC(F)(F)F)cc12. The minimum atomic E-state index is -4.95. The van der Waals surface area contributed by atoms with Crippen LogP contribution in [0.15, 0.2) is 42.5 Å². The molecular weight excluding hydrogens is 361 g/mol. The van der Waals surface area contributed by atoms with E-state index in [2.05, 4.69) is 9.72 Å². The van der Waals surface area contributed by atoms with Crippen LogP contribution in [-0.2, 0) is 0 Å². The van der Waals surface area contributed by atoms with Crippen LogP contribution in [0.1, 0.15) is 10.4 Å². The number of aromatic carboxylic acids is 1. The number of nitrogens with zero attached hydrogens (tertiary/aromatic N) is 1. The maximum absolute atomic E-state index is 13.9. The maximum Gasteiger partial charge on any atom is 0.573 e. The Morgan fingerprint density at radius 2 is 1.77 bits per heavy atom. The fourth-order valence-electron chi connectivity index (χ4n) is 2.41. The molecule has 0 atom stereocenters. The fourth-order valence-corrected chi connectivity index (χ4v) is 2.41. The molecule has 0 amide bonds. The van der Waals surface area contributed by atoms with E-state index in [4.69, 9.17) is 0 Å². The summed E-state index contributed by atoms with van der Waals surface area (Å²) in [5, 5.41) is 9.20. The molecule has 0 aliphatic rings. The lowest BCUT2D eigenvalue weighted by molar-refractivity contribution is -0.274. The highest BCUT2D eigenvalue weighted by Gasteiger charge is 2.31. The van der Waals surface area contributed by atoms with Gasteiger partial charge in [-0.1, -0.05) is 0 Å². The Morgan fingerprint density at radius 1 is 1.04 bits per heavy atom. The number of hydrogen-bond donors (Lipinski definition) is 1. The van der Waals surface area contributed by atoms with Crippen molar-refractivity contribution in [2.75, 3.05) is 0 Å². The molecule has 26 heavy (non-hydrogen) atoms. The number of fused-ring (bicyclic) bond motifs is 1. The number of aromatic nitrogens is 1. The fraction of sp³-hybridized carbons (Fsp3) is 0.0588. The summed E-state index contributed by atoms with van der Waals surface area (Å²) in [5.41, 5.74) is -0.888. The van der Waals surface area contributed by atoms with Gasteiger partial charge in [0.05, 0.1) is 16.8 Å². The lowest BCUT2D eigenvalue weighted by Crippen LogP contribution is -2.17. The van der Waals surface area contributed by atoms with Crippen molar-refractivity contribution < 1.29 is 36.6 Å². The van der Waals surface area contributed by atoms with Crippen molar-refractivity contribution in [1.29, 1.82) is 0 Å². The van der Waals surface area contributed by atoms with Crippen LogP contribution in [0.3, 0.4) is 0 Å². The molecule has 0 fully saturated rings. The van der Waals surface area contributed by atoms with E-state index < -0.39 is 35.3 Å². The summed E-state index contributed by atoms with van der Waals surface area (Å²) >= 11 is 0. The second-order valence-corrected chi connectivity index (χ2v) is 5.21. The van der Waals surface area contributed by atoms with Crippen LogP contribution >= 0.6 is 0 Å². The van der Waals surface area contributed by atoms with Gasteiger partial charge in [-0.05, 0) is 42.5 Å². The van der Waals surface area contributed by atoms with Gasteiger partial charge in [-0.25, -0.2) is 18.6 Å². The molecule has 1 heterocycles. The maximum atomic E-state index is 13.9. The highest BCUT2D eigenvalue weighted by molar-refractivity contribution is 6.04. The smallest absolute Gasteiger partial charge is 0.478 e. The molecule has 0 aliphatic heterocycles. The minimum absolute atomic E-state index is 0.0157. The highest BCUT2D eigenvalue weighted by Crippen LogP contribution is 2.31. The molecule has 0 aliphatic carbocycles. The number of rotatable bonds is 3. The standard InChI is InChI=1S/C17H8F5NO3/c18-8-1-3-13(19)12(5-8)15-7-11(16(24)25)10-6-9(26-17(20,21)22)2-4-14(10)23-15/h1-7H,(H,24,25). The Kier molecular flexibility index (Phi) is 4.23. The molecule has 0 bridgehead atoms. The van der Waals surface area contributed by atoms with Crippen LogP contribution in [0.5, 0.6) is 5.75 Å². The number of hydrogen-bond acceptors (Lipinski definition) is 3. The zero-order valence-corrected chi connectivity index (χ0v) is 12.6. The number of pyridine rings is 1. The van der Waals surface area contributed by atoms with Crippen LogP contribution < -0.4 is 4.74 Å². The van der Waals surface area contributed by atoms with E-state index in [9.17, 15) is 31.9 Å². The van der Waals surface area contributed by atoms with Crippen LogP contribution in [-0.4, -0.2) is 22.4 Å². The second-order valence-electron chi connectivity index (χ2n) is 5.21. The van der Waals surface area contributed by atoms with E-state index in [0.717, 1.165) is 42.5 Å². The molecule has 3 rings (SSSR count). The van der Waals surface area contributed by atoms with Crippen molar-refractivity contribution in [3.05, 3.63) is 59.7 Å². The first-order valence-electron chi connectivity index (χ1n) is 7.03. The summed E-state index contributed by atoms with van der Waals surface area (Å²) in [6.07, 6.45) is -4.95. The number of halogens is 5. The van der Waals surface area contributed by atoms with Gasteiger partial charge in [0, 0.05) is 10.9 Å². The van der Waals surface area contributed by atoms with Gasteiger partial charge in [0.25, 0.3) is 0 Å². The number of benzene rings is 2. The minimum Gasteiger partial charge on any atom is -0.478 e. The monoisotopic (exact) mass is 369 g/mol. The first-order valence-corrected chi connectivity index (χ1v) is 7.03. The topological polar surface area (TPSA) is 59.4 Å². The van der Waals surface area contributed by atoms with E-state index in [1.165, 1.54) is 0 Å². The molecular formula is C17H8F5NO3. The molecule has 0 unspecified atom stereocenters. The number of alkyl halides is 3. The molecule has 4 nitrogen and oxygen atoms in total. The van der Waals surface area contributed by atoms with E-state index >= 15 is 0 Å². The lowest BCUT2D eigenvalue weighted by atomic mass is 10.0. The Hall–Kier alpha value is -3.23. The van der Waals surface area contributed by atoms with Crippen molar-refractivity contribution in [2.24, 2.45) is 0 Å². The molecule has 1 N–H and O–H groups in total. The van der Waals surface area contributed by atoms with Gasteiger partial charge < -0.3 is 9.84 Å². The van der Waals surface area contributed by atoms with Gasteiger partial charge >= 0.3 is 12.3 Å². The summed E-state index contributed by atoms with van der Waals surface area (Å²) in [6.45, 7) is 0. The van der Waals surface area contributed by atoms with Crippen LogP contribution in [0.4, 0.5) is 22.0 Å². The summed E-state index contributed by atoms with van der Waals surface area (Å²) < 4.78 is 68.1. The van der Waals surface area contributed by atoms with Gasteiger partial charge in [0.1, 0.15) is 17.4 Å². The summed E-state index contributed by atoms with van der Waals surface area (Å²) in [5.74, 6) is -3.68. The molecule has 3 aromatic rings. The van der Waals surface area contributed by atoms with Crippen LogP contribution in [0.25, 0.3) is 22.2 Å². The Balaban J connectivity index is 2.22. The molecule has 0 spiro atoms.